The third-order valence-electron chi connectivity index (χ3n) is 5.71. The number of nitrogens with zero attached hydrogens (tertiary/aromatic N) is 3. The highest BCUT2D eigenvalue weighted by Crippen LogP contribution is 2.24. The van der Waals surface area contributed by atoms with Gasteiger partial charge in [0.1, 0.15) is 0 Å². The predicted octanol–water partition coefficient (Wildman–Crippen LogP) is 3.69. The summed E-state index contributed by atoms with van der Waals surface area (Å²) >= 11 is 0. The van der Waals surface area contributed by atoms with Gasteiger partial charge in [-0.15, -0.1) is 0 Å². The Balaban J connectivity index is 1.53. The van der Waals surface area contributed by atoms with Crippen molar-refractivity contribution < 1.29 is 14.4 Å². The van der Waals surface area contributed by atoms with Crippen molar-refractivity contribution in [2.75, 3.05) is 27.2 Å². The van der Waals surface area contributed by atoms with Crippen molar-refractivity contribution in [3.63, 3.8) is 0 Å². The fraction of sp³-hybridized carbons (Fsp3) is 0.222. The fourth-order valence-electron chi connectivity index (χ4n) is 3.93. The average molecular weight is 442 g/mol. The third kappa shape index (κ3) is 5.02. The summed E-state index contributed by atoms with van der Waals surface area (Å²) in [4.78, 5) is 44.0. The maximum Gasteiger partial charge on any atom is 0.261 e. The number of rotatable bonds is 8. The second-order valence-corrected chi connectivity index (χ2v) is 8.46. The summed E-state index contributed by atoms with van der Waals surface area (Å²) in [5.74, 6) is -0.682. The first-order chi connectivity index (χ1) is 15.9. The van der Waals surface area contributed by atoms with Gasteiger partial charge in [-0.2, -0.15) is 0 Å². The van der Waals surface area contributed by atoms with Crippen LogP contribution in [0.4, 0.5) is 0 Å². The summed E-state index contributed by atoms with van der Waals surface area (Å²) in [5.41, 5.74) is 3.19. The molecule has 0 bridgehead atoms. The van der Waals surface area contributed by atoms with E-state index in [4.69, 9.17) is 0 Å². The number of carbonyl (C=O) groups excluding carboxylic acids is 3. The van der Waals surface area contributed by atoms with Gasteiger partial charge in [0.2, 0.25) is 0 Å². The molecule has 0 saturated heterocycles. The van der Waals surface area contributed by atoms with Crippen molar-refractivity contribution in [2.45, 2.75) is 13.1 Å². The number of likely N-dealkylation sites (N-methyl/N-ethyl adjacent to an activating group) is 1. The Labute approximate surface area is 194 Å². The molecule has 0 aromatic heterocycles. The van der Waals surface area contributed by atoms with Crippen LogP contribution in [0.2, 0.25) is 0 Å². The van der Waals surface area contributed by atoms with Crippen LogP contribution in [0.25, 0.3) is 0 Å². The minimum atomic E-state index is -0.302. The summed E-state index contributed by atoms with van der Waals surface area (Å²) in [6.07, 6.45) is 0. The maximum absolute atomic E-state index is 13.4. The van der Waals surface area contributed by atoms with Crippen LogP contribution in [0.15, 0.2) is 78.9 Å². The molecule has 0 atom stereocenters. The van der Waals surface area contributed by atoms with Crippen LogP contribution in [-0.4, -0.2) is 59.6 Å². The molecule has 0 fully saturated rings. The van der Waals surface area contributed by atoms with Crippen LogP contribution in [-0.2, 0) is 13.1 Å². The maximum atomic E-state index is 13.4. The second kappa shape index (κ2) is 9.79. The molecule has 3 aromatic rings. The van der Waals surface area contributed by atoms with Gasteiger partial charge in [-0.05, 0) is 49.5 Å². The van der Waals surface area contributed by atoms with Gasteiger partial charge in [-0.25, -0.2) is 0 Å². The van der Waals surface area contributed by atoms with E-state index in [1.54, 1.807) is 42.5 Å². The Hall–Kier alpha value is -3.77. The van der Waals surface area contributed by atoms with Crippen LogP contribution < -0.4 is 0 Å². The fourth-order valence-corrected chi connectivity index (χ4v) is 3.93. The van der Waals surface area contributed by atoms with E-state index in [-0.39, 0.29) is 24.3 Å². The normalized spacial score (nSPS) is 12.9. The summed E-state index contributed by atoms with van der Waals surface area (Å²) < 4.78 is 0. The lowest BCUT2D eigenvalue weighted by atomic mass is 10.1. The number of hydrogen-bond acceptors (Lipinski definition) is 4. The Kier molecular flexibility index (Phi) is 6.66. The SMILES string of the molecule is CN(C)CCN(Cc1ccccc1)C(=O)c1cccc(CN2C(=O)c3ccccc3C2=O)c1. The zero-order valence-corrected chi connectivity index (χ0v) is 18.9. The van der Waals surface area contributed by atoms with Crippen LogP contribution in [0, 0.1) is 0 Å². The van der Waals surface area contributed by atoms with Crippen molar-refractivity contribution in [2.24, 2.45) is 0 Å². The quantitative estimate of drug-likeness (QED) is 0.501. The van der Waals surface area contributed by atoms with Crippen LogP contribution in [0.1, 0.15) is 42.2 Å². The summed E-state index contributed by atoms with van der Waals surface area (Å²) in [6.45, 7) is 1.97. The molecule has 1 aliphatic heterocycles. The summed E-state index contributed by atoms with van der Waals surface area (Å²) in [7, 11) is 3.96. The molecule has 4 rings (SSSR count). The number of fused-ring (bicyclic) bond motifs is 1. The molecule has 0 N–H and O–H groups in total. The highest BCUT2D eigenvalue weighted by Gasteiger charge is 2.35. The zero-order chi connectivity index (χ0) is 23.4. The first kappa shape index (κ1) is 22.4. The molecular weight excluding hydrogens is 414 g/mol. The van der Waals surface area contributed by atoms with Gasteiger partial charge in [0.05, 0.1) is 17.7 Å². The molecule has 1 heterocycles. The molecule has 0 radical (unpaired) electrons. The van der Waals surface area contributed by atoms with Crippen LogP contribution in [0.3, 0.4) is 0 Å². The van der Waals surface area contributed by atoms with E-state index in [9.17, 15) is 14.4 Å². The highest BCUT2D eigenvalue weighted by molar-refractivity contribution is 6.21. The highest BCUT2D eigenvalue weighted by atomic mass is 16.2. The molecular formula is C27H27N3O3. The Morgan fingerprint density at radius 1 is 0.758 bits per heavy atom. The smallest absolute Gasteiger partial charge is 0.261 e. The van der Waals surface area contributed by atoms with E-state index in [1.807, 2.05) is 60.3 Å². The van der Waals surface area contributed by atoms with Gasteiger partial charge in [-0.1, -0.05) is 54.6 Å². The number of hydrogen-bond donors (Lipinski definition) is 0. The standard InChI is InChI=1S/C27H27N3O3/c1-28(2)15-16-29(18-20-9-4-3-5-10-20)25(31)22-12-8-11-21(17-22)19-30-26(32)23-13-6-7-14-24(23)27(30)33/h3-14,17H,15-16,18-19H2,1-2H3. The predicted molar refractivity (Wildman–Crippen MR) is 127 cm³/mol. The first-order valence-electron chi connectivity index (χ1n) is 11.0. The molecule has 0 unspecified atom stereocenters. The minimum absolute atomic E-state index is 0.0788. The average Bonchev–Trinajstić information content (AvgIpc) is 3.07. The summed E-state index contributed by atoms with van der Waals surface area (Å²) in [6, 6.07) is 23.9. The molecule has 0 aliphatic carbocycles. The monoisotopic (exact) mass is 441 g/mol. The van der Waals surface area contributed by atoms with Gasteiger partial charge in [-0.3, -0.25) is 19.3 Å². The zero-order valence-electron chi connectivity index (χ0n) is 18.9. The van der Waals surface area contributed by atoms with Crippen molar-refractivity contribution in [1.29, 1.82) is 0 Å². The van der Waals surface area contributed by atoms with Crippen molar-refractivity contribution in [1.82, 2.24) is 14.7 Å². The topological polar surface area (TPSA) is 60.9 Å². The lowest BCUT2D eigenvalue weighted by Crippen LogP contribution is -2.36. The van der Waals surface area contributed by atoms with E-state index in [0.717, 1.165) is 17.7 Å². The third-order valence-corrected chi connectivity index (χ3v) is 5.71. The van der Waals surface area contributed by atoms with Crippen molar-refractivity contribution in [3.05, 3.63) is 107 Å². The number of benzene rings is 3. The van der Waals surface area contributed by atoms with E-state index < -0.39 is 0 Å². The second-order valence-electron chi connectivity index (χ2n) is 8.46. The molecule has 168 valence electrons. The van der Waals surface area contributed by atoms with E-state index >= 15 is 0 Å². The molecule has 0 saturated carbocycles. The van der Waals surface area contributed by atoms with Gasteiger partial charge < -0.3 is 9.80 Å². The number of imide groups is 1. The number of amides is 3. The molecule has 3 aromatic carbocycles. The van der Waals surface area contributed by atoms with E-state index in [0.29, 0.717) is 29.8 Å². The minimum Gasteiger partial charge on any atom is -0.333 e. The Bertz CT molecular complexity index is 1140. The molecule has 6 heteroatoms. The van der Waals surface area contributed by atoms with Crippen LogP contribution in [0.5, 0.6) is 0 Å². The Morgan fingerprint density at radius 3 is 2.00 bits per heavy atom. The summed E-state index contributed by atoms with van der Waals surface area (Å²) in [5, 5.41) is 0. The van der Waals surface area contributed by atoms with Gasteiger partial charge in [0.15, 0.2) is 0 Å². The van der Waals surface area contributed by atoms with Gasteiger partial charge in [0.25, 0.3) is 17.7 Å². The Morgan fingerprint density at radius 2 is 1.36 bits per heavy atom. The van der Waals surface area contributed by atoms with Gasteiger partial charge >= 0.3 is 0 Å². The van der Waals surface area contributed by atoms with Gasteiger partial charge in [0, 0.05) is 25.2 Å². The lowest BCUT2D eigenvalue weighted by Gasteiger charge is -2.25. The lowest BCUT2D eigenvalue weighted by molar-refractivity contribution is 0.0642. The van der Waals surface area contributed by atoms with E-state index in [2.05, 4.69) is 0 Å². The van der Waals surface area contributed by atoms with Crippen molar-refractivity contribution >= 4 is 17.7 Å². The largest absolute Gasteiger partial charge is 0.333 e. The number of carbonyl (C=O) groups is 3. The molecule has 0 spiro atoms. The van der Waals surface area contributed by atoms with Crippen molar-refractivity contribution in [3.8, 4) is 0 Å². The van der Waals surface area contributed by atoms with Crippen LogP contribution >= 0.6 is 0 Å². The first-order valence-corrected chi connectivity index (χ1v) is 11.0. The molecule has 3 amide bonds. The van der Waals surface area contributed by atoms with E-state index in [1.165, 1.54) is 4.90 Å². The molecule has 1 aliphatic rings. The molecule has 6 nitrogen and oxygen atoms in total. The molecule has 33 heavy (non-hydrogen) atoms.